The third-order valence-corrected chi connectivity index (χ3v) is 9.01. The number of nitrogens with zero attached hydrogens (tertiary/aromatic N) is 1. The summed E-state index contributed by atoms with van der Waals surface area (Å²) in [6.45, 7) is 5.90. The van der Waals surface area contributed by atoms with Crippen molar-refractivity contribution in [1.29, 1.82) is 0 Å². The van der Waals surface area contributed by atoms with E-state index in [-0.39, 0.29) is 40.5 Å². The van der Waals surface area contributed by atoms with Crippen LogP contribution in [-0.2, 0) is 20.7 Å². The van der Waals surface area contributed by atoms with Gasteiger partial charge in [-0.1, -0.05) is 26.0 Å². The van der Waals surface area contributed by atoms with Crippen LogP contribution in [0, 0.1) is 0 Å². The Bertz CT molecular complexity index is 1470. The van der Waals surface area contributed by atoms with Crippen molar-refractivity contribution < 1.29 is 54.1 Å². The first-order valence-corrected chi connectivity index (χ1v) is 14.4. The van der Waals surface area contributed by atoms with Gasteiger partial charge in [0.05, 0.1) is 42.1 Å². The van der Waals surface area contributed by atoms with E-state index < -0.39 is 89.6 Å². The number of aliphatic hydroxyl groups excluding tert-OH is 2. The molecule has 2 aromatic rings. The van der Waals surface area contributed by atoms with Gasteiger partial charge in [-0.2, -0.15) is 0 Å². The number of aromatic hydroxyl groups is 2. The summed E-state index contributed by atoms with van der Waals surface area (Å²) in [5.41, 5.74) is -3.48. The van der Waals surface area contributed by atoms with Crippen LogP contribution in [0.5, 0.6) is 17.2 Å². The van der Waals surface area contributed by atoms with Crippen LogP contribution in [0.15, 0.2) is 18.2 Å². The SMILES string of the molecule is CCN(CC)[C@@H]1C[C@@H](O[C@@H]2C[C@](O)(C(=O)CO)Cc3c(O)c4c(c(O)c32)C(=O)c2c(OC)cccc2C4=O)O[C@H](C)[C@@H]1O. The number of fused-ring (bicyclic) bond motifs is 3. The molecule has 3 aliphatic rings. The Morgan fingerprint density at radius 3 is 2.40 bits per heavy atom. The van der Waals surface area contributed by atoms with Crippen molar-refractivity contribution in [3.63, 3.8) is 0 Å². The van der Waals surface area contributed by atoms with Gasteiger partial charge in [-0.25, -0.2) is 0 Å². The van der Waals surface area contributed by atoms with Crippen LogP contribution in [-0.4, -0.2) is 105 Å². The maximum Gasteiger partial charge on any atom is 0.202 e. The number of ketones is 3. The number of carbonyl (C=O) groups excluding carboxylic acids is 3. The quantitative estimate of drug-likeness (QED) is 0.235. The zero-order valence-electron chi connectivity index (χ0n) is 24.5. The summed E-state index contributed by atoms with van der Waals surface area (Å²) in [5.74, 6) is -3.66. The van der Waals surface area contributed by atoms with Gasteiger partial charge in [-0.15, -0.1) is 0 Å². The average Bonchev–Trinajstić information content (AvgIpc) is 2.99. The molecule has 6 atom stereocenters. The molecule has 1 aliphatic heterocycles. The van der Waals surface area contributed by atoms with E-state index in [0.29, 0.717) is 13.1 Å². The summed E-state index contributed by atoms with van der Waals surface area (Å²) in [7, 11) is 1.34. The highest BCUT2D eigenvalue weighted by molar-refractivity contribution is 6.31. The van der Waals surface area contributed by atoms with E-state index in [0.717, 1.165) is 0 Å². The van der Waals surface area contributed by atoms with Gasteiger partial charge < -0.3 is 39.7 Å². The predicted octanol–water partition coefficient (Wildman–Crippen LogP) is 1.38. The molecule has 232 valence electrons. The first-order valence-electron chi connectivity index (χ1n) is 14.4. The Balaban J connectivity index is 1.65. The fraction of sp³-hybridized carbons (Fsp3) is 0.516. The molecule has 43 heavy (non-hydrogen) atoms. The second-order valence-corrected chi connectivity index (χ2v) is 11.3. The van der Waals surface area contributed by atoms with Gasteiger partial charge in [0.1, 0.15) is 29.5 Å². The molecule has 5 rings (SSSR count). The number of likely N-dealkylation sites (N-methyl/N-ethyl adjacent to an activating group) is 1. The van der Waals surface area contributed by atoms with Gasteiger partial charge in [-0.05, 0) is 26.1 Å². The largest absolute Gasteiger partial charge is 0.507 e. The molecule has 0 spiro atoms. The molecule has 2 aliphatic carbocycles. The molecule has 1 heterocycles. The number of phenols is 2. The van der Waals surface area contributed by atoms with E-state index in [1.807, 2.05) is 13.8 Å². The smallest absolute Gasteiger partial charge is 0.202 e. The number of ether oxygens (including phenoxy) is 3. The maximum absolute atomic E-state index is 13.8. The van der Waals surface area contributed by atoms with Crippen LogP contribution < -0.4 is 4.74 Å². The summed E-state index contributed by atoms with van der Waals surface area (Å²) >= 11 is 0. The first kappa shape index (κ1) is 31.0. The van der Waals surface area contributed by atoms with Crippen LogP contribution in [0.2, 0.25) is 0 Å². The highest BCUT2D eigenvalue weighted by atomic mass is 16.7. The normalized spacial score (nSPS) is 28.3. The minimum Gasteiger partial charge on any atom is -0.507 e. The third kappa shape index (κ3) is 4.91. The summed E-state index contributed by atoms with van der Waals surface area (Å²) in [6.07, 6.45) is -4.57. The monoisotopic (exact) mass is 599 g/mol. The number of methoxy groups -OCH3 is 1. The minimum absolute atomic E-state index is 0.0394. The number of hydrogen-bond acceptors (Lipinski definition) is 12. The Kier molecular flexibility index (Phi) is 8.38. The van der Waals surface area contributed by atoms with Crippen LogP contribution >= 0.6 is 0 Å². The minimum atomic E-state index is -2.23. The van der Waals surface area contributed by atoms with Crippen LogP contribution in [0.1, 0.15) is 82.7 Å². The molecule has 5 N–H and O–H groups in total. The molecule has 0 radical (unpaired) electrons. The van der Waals surface area contributed by atoms with Gasteiger partial charge in [0.25, 0.3) is 0 Å². The van der Waals surface area contributed by atoms with E-state index in [4.69, 9.17) is 14.2 Å². The van der Waals surface area contributed by atoms with Crippen molar-refractivity contribution >= 4 is 17.3 Å². The van der Waals surface area contributed by atoms with Crippen LogP contribution in [0.25, 0.3) is 0 Å². The molecule has 12 heteroatoms. The van der Waals surface area contributed by atoms with E-state index in [1.54, 1.807) is 6.92 Å². The van der Waals surface area contributed by atoms with Crippen LogP contribution in [0.4, 0.5) is 0 Å². The van der Waals surface area contributed by atoms with Crippen LogP contribution in [0.3, 0.4) is 0 Å². The highest BCUT2D eigenvalue weighted by Gasteiger charge is 2.50. The van der Waals surface area contributed by atoms with E-state index in [1.165, 1.54) is 25.3 Å². The molecule has 0 unspecified atom stereocenters. The first-order chi connectivity index (χ1) is 20.4. The lowest BCUT2D eigenvalue weighted by Gasteiger charge is -2.45. The number of phenolic OH excluding ortho intramolecular Hbond substituents is 2. The Labute approximate surface area is 248 Å². The molecular weight excluding hydrogens is 562 g/mol. The summed E-state index contributed by atoms with van der Waals surface area (Å²) in [6, 6.07) is 4.06. The molecule has 1 saturated heterocycles. The van der Waals surface area contributed by atoms with Gasteiger partial charge in [0.2, 0.25) is 5.78 Å². The van der Waals surface area contributed by atoms with Crippen molar-refractivity contribution in [1.82, 2.24) is 4.90 Å². The van der Waals surface area contributed by atoms with Crippen molar-refractivity contribution in [3.8, 4) is 17.2 Å². The number of carbonyl (C=O) groups is 3. The Morgan fingerprint density at radius 1 is 1.09 bits per heavy atom. The number of rotatable bonds is 8. The number of benzene rings is 2. The molecular formula is C31H37NO11. The topological polar surface area (TPSA) is 183 Å². The lowest BCUT2D eigenvalue weighted by Crippen LogP contribution is -2.55. The fourth-order valence-corrected chi connectivity index (χ4v) is 6.75. The highest BCUT2D eigenvalue weighted by Crippen LogP contribution is 2.52. The second-order valence-electron chi connectivity index (χ2n) is 11.3. The van der Waals surface area contributed by atoms with Crippen molar-refractivity contribution in [2.24, 2.45) is 0 Å². The number of Topliss-reactive ketones (excluding diaryl/α,β-unsaturated/α-hetero) is 1. The standard InChI is InChI=1S/C31H37NO11/c1-5-32(6-2)17-10-21(42-14(3)26(17)35)43-19-12-31(40,20(34)13-33)11-16-23(19)30(39)25-24(28(16)37)27(36)15-8-7-9-18(41-4)22(15)29(25)38/h7-9,14,17,19,21,26,33,35,37,39-40H,5-6,10-13H2,1-4H3/t14-,17-,19-,21-,26+,31+/m1/s1. The summed E-state index contributed by atoms with van der Waals surface area (Å²) < 4.78 is 17.5. The third-order valence-electron chi connectivity index (χ3n) is 9.01. The molecule has 0 saturated carbocycles. The van der Waals surface area contributed by atoms with Crippen molar-refractivity contribution in [2.75, 3.05) is 26.8 Å². The van der Waals surface area contributed by atoms with E-state index in [2.05, 4.69) is 4.90 Å². The molecule has 0 amide bonds. The Hall–Kier alpha value is -3.39. The number of aliphatic hydroxyl groups is 3. The molecule has 1 fully saturated rings. The van der Waals surface area contributed by atoms with Gasteiger partial charge >= 0.3 is 0 Å². The second kappa shape index (κ2) is 11.6. The molecule has 2 aromatic carbocycles. The number of hydrogen-bond donors (Lipinski definition) is 5. The maximum atomic E-state index is 13.8. The van der Waals surface area contributed by atoms with Gasteiger partial charge in [0.15, 0.2) is 17.9 Å². The molecule has 0 bridgehead atoms. The fourth-order valence-electron chi connectivity index (χ4n) is 6.75. The van der Waals surface area contributed by atoms with Gasteiger partial charge in [-0.3, -0.25) is 19.3 Å². The van der Waals surface area contributed by atoms with Crippen molar-refractivity contribution in [3.05, 3.63) is 51.6 Å². The average molecular weight is 600 g/mol. The summed E-state index contributed by atoms with van der Waals surface area (Å²) in [5, 5.41) is 55.0. The Morgan fingerprint density at radius 2 is 1.77 bits per heavy atom. The molecule has 12 nitrogen and oxygen atoms in total. The van der Waals surface area contributed by atoms with E-state index in [9.17, 15) is 39.9 Å². The zero-order valence-corrected chi connectivity index (χ0v) is 24.5. The summed E-state index contributed by atoms with van der Waals surface area (Å²) in [4.78, 5) is 42.3. The molecule has 0 aromatic heterocycles. The van der Waals surface area contributed by atoms with Gasteiger partial charge in [0, 0.05) is 42.0 Å². The predicted molar refractivity (Wildman–Crippen MR) is 150 cm³/mol. The lowest BCUT2D eigenvalue weighted by atomic mass is 9.72. The lowest BCUT2D eigenvalue weighted by molar-refractivity contribution is -0.258. The van der Waals surface area contributed by atoms with E-state index >= 15 is 0 Å². The zero-order chi connectivity index (χ0) is 31.4. The van der Waals surface area contributed by atoms with Crippen molar-refractivity contribution in [2.45, 2.75) is 76.3 Å².